The maximum Gasteiger partial charge on any atom is 0.254 e. The van der Waals surface area contributed by atoms with Crippen LogP contribution in [0.4, 0.5) is 5.69 Å². The summed E-state index contributed by atoms with van der Waals surface area (Å²) in [6.45, 7) is 3.63. The minimum Gasteiger partial charge on any atom is -0.371 e. The summed E-state index contributed by atoms with van der Waals surface area (Å²) in [6, 6.07) is 14.9. The van der Waals surface area contributed by atoms with Crippen LogP contribution in [-0.2, 0) is 6.42 Å². The third kappa shape index (κ3) is 4.76. The van der Waals surface area contributed by atoms with Crippen molar-refractivity contribution in [3.63, 3.8) is 0 Å². The molecule has 1 atom stereocenters. The van der Waals surface area contributed by atoms with Gasteiger partial charge in [0.05, 0.1) is 21.7 Å². The number of halogens is 2. The summed E-state index contributed by atoms with van der Waals surface area (Å²) in [5, 5.41) is 3.74. The number of likely N-dealkylation sites (tertiary alicyclic amines) is 1. The van der Waals surface area contributed by atoms with Gasteiger partial charge >= 0.3 is 0 Å². The number of nitrogens with zero attached hydrogens (tertiary/aromatic N) is 3. The standard InChI is InChI=1S/C30H30Cl2N4O2/c31-24-2-1-3-25(32)27(24)28(37)34-26-7-6-20-4-5-21(18-23(20)26)29(38)35-15-10-30(11-16-35)12-17-36(19-30)22-8-13-33-14-9-22/h1-5,8-9,13-14,18,26H,6-7,10-12,15-17,19H2,(H,34,37). The lowest BCUT2D eigenvalue weighted by molar-refractivity contribution is 0.0610. The summed E-state index contributed by atoms with van der Waals surface area (Å²) < 4.78 is 0. The molecule has 1 unspecified atom stereocenters. The van der Waals surface area contributed by atoms with Crippen molar-refractivity contribution < 1.29 is 9.59 Å². The molecule has 6 nitrogen and oxygen atoms in total. The Labute approximate surface area is 232 Å². The number of pyridine rings is 1. The van der Waals surface area contributed by atoms with Gasteiger partial charge in [-0.3, -0.25) is 14.6 Å². The zero-order valence-corrected chi connectivity index (χ0v) is 22.6. The molecule has 3 aliphatic rings. The topological polar surface area (TPSA) is 65.5 Å². The van der Waals surface area contributed by atoms with E-state index in [0.717, 1.165) is 69.4 Å². The Bertz CT molecular complexity index is 1350. The Morgan fingerprint density at radius 2 is 1.66 bits per heavy atom. The predicted molar refractivity (Wildman–Crippen MR) is 150 cm³/mol. The van der Waals surface area contributed by atoms with Gasteiger partial charge in [0.2, 0.25) is 0 Å². The lowest BCUT2D eigenvalue weighted by Crippen LogP contribution is -2.44. The minimum atomic E-state index is -0.297. The predicted octanol–water partition coefficient (Wildman–Crippen LogP) is 5.94. The average Bonchev–Trinajstić information content (AvgIpc) is 3.53. The van der Waals surface area contributed by atoms with E-state index < -0.39 is 0 Å². The number of carbonyl (C=O) groups excluding carboxylic acids is 2. The zero-order valence-electron chi connectivity index (χ0n) is 21.1. The SMILES string of the molecule is O=C(NC1CCc2ccc(C(=O)N3CCC4(CC3)CCN(c3ccncc3)C4)cc21)c1c(Cl)cccc1Cl. The van der Waals surface area contributed by atoms with E-state index in [1.165, 1.54) is 5.69 Å². The van der Waals surface area contributed by atoms with Crippen molar-refractivity contribution in [1.82, 2.24) is 15.2 Å². The van der Waals surface area contributed by atoms with E-state index in [1.807, 2.05) is 35.5 Å². The van der Waals surface area contributed by atoms with Gasteiger partial charge in [0.15, 0.2) is 0 Å². The van der Waals surface area contributed by atoms with Gasteiger partial charge in [-0.15, -0.1) is 0 Å². The third-order valence-corrected chi connectivity index (χ3v) is 9.17. The van der Waals surface area contributed by atoms with Gasteiger partial charge in [-0.05, 0) is 85.0 Å². The summed E-state index contributed by atoms with van der Waals surface area (Å²) in [5.74, 6) is -0.230. The molecule has 0 bridgehead atoms. The maximum absolute atomic E-state index is 13.5. The summed E-state index contributed by atoms with van der Waals surface area (Å²) in [4.78, 5) is 35.1. The van der Waals surface area contributed by atoms with Crippen molar-refractivity contribution in [3.8, 4) is 0 Å². The molecule has 2 amide bonds. The molecule has 2 aromatic carbocycles. The van der Waals surface area contributed by atoms with Crippen molar-refractivity contribution >= 4 is 40.7 Å². The van der Waals surface area contributed by atoms with E-state index in [0.29, 0.717) is 15.6 Å². The van der Waals surface area contributed by atoms with Crippen molar-refractivity contribution in [1.29, 1.82) is 0 Å². The molecule has 2 fully saturated rings. The van der Waals surface area contributed by atoms with Crippen LogP contribution in [0.1, 0.15) is 63.6 Å². The number of aryl methyl sites for hydroxylation is 1. The second kappa shape index (κ2) is 10.2. The molecule has 6 rings (SSSR count). The van der Waals surface area contributed by atoms with Gasteiger partial charge in [0, 0.05) is 49.8 Å². The molecule has 1 aliphatic carbocycles. The average molecular weight is 550 g/mol. The molecule has 2 saturated heterocycles. The van der Waals surface area contributed by atoms with E-state index in [4.69, 9.17) is 23.2 Å². The highest BCUT2D eigenvalue weighted by atomic mass is 35.5. The fraction of sp³-hybridized carbons (Fsp3) is 0.367. The van der Waals surface area contributed by atoms with Crippen LogP contribution in [0.2, 0.25) is 10.0 Å². The molecule has 3 aromatic rings. The van der Waals surface area contributed by atoms with Crippen LogP contribution < -0.4 is 10.2 Å². The smallest absolute Gasteiger partial charge is 0.254 e. The largest absolute Gasteiger partial charge is 0.371 e. The van der Waals surface area contributed by atoms with Gasteiger partial charge in [0.1, 0.15) is 0 Å². The van der Waals surface area contributed by atoms with Crippen molar-refractivity contribution in [3.05, 3.63) is 93.2 Å². The van der Waals surface area contributed by atoms with Crippen LogP contribution in [0.5, 0.6) is 0 Å². The van der Waals surface area contributed by atoms with E-state index in [-0.39, 0.29) is 28.8 Å². The first-order valence-corrected chi connectivity index (χ1v) is 14.0. The Morgan fingerprint density at radius 3 is 2.39 bits per heavy atom. The molecule has 1 N–H and O–H groups in total. The number of carbonyl (C=O) groups is 2. The number of hydrogen-bond donors (Lipinski definition) is 1. The van der Waals surface area contributed by atoms with Crippen molar-refractivity contribution in [2.75, 3.05) is 31.1 Å². The lowest BCUT2D eigenvalue weighted by Gasteiger charge is -2.39. The number of nitrogens with one attached hydrogen (secondary N) is 1. The molecule has 1 aromatic heterocycles. The van der Waals surface area contributed by atoms with E-state index in [1.54, 1.807) is 18.2 Å². The number of fused-ring (bicyclic) bond motifs is 1. The molecular weight excluding hydrogens is 519 g/mol. The van der Waals surface area contributed by atoms with E-state index >= 15 is 0 Å². The summed E-state index contributed by atoms with van der Waals surface area (Å²) in [6.07, 6.45) is 8.52. The summed E-state index contributed by atoms with van der Waals surface area (Å²) in [5.41, 5.74) is 4.64. The number of anilines is 1. The molecule has 0 radical (unpaired) electrons. The third-order valence-electron chi connectivity index (χ3n) is 8.54. The summed E-state index contributed by atoms with van der Waals surface area (Å²) >= 11 is 12.5. The van der Waals surface area contributed by atoms with Crippen LogP contribution in [0.15, 0.2) is 60.9 Å². The Hall–Kier alpha value is -3.09. The molecular formula is C30H30Cl2N4O2. The first-order chi connectivity index (χ1) is 18.4. The number of rotatable bonds is 4. The molecule has 0 saturated carbocycles. The van der Waals surface area contributed by atoms with Gasteiger partial charge in [0.25, 0.3) is 11.8 Å². The highest BCUT2D eigenvalue weighted by Gasteiger charge is 2.41. The molecule has 196 valence electrons. The lowest BCUT2D eigenvalue weighted by atomic mass is 9.77. The van der Waals surface area contributed by atoms with Crippen LogP contribution in [0.3, 0.4) is 0 Å². The molecule has 8 heteroatoms. The maximum atomic E-state index is 13.5. The fourth-order valence-corrected chi connectivity index (χ4v) is 6.88. The van der Waals surface area contributed by atoms with Gasteiger partial charge < -0.3 is 15.1 Å². The van der Waals surface area contributed by atoms with Crippen LogP contribution >= 0.6 is 23.2 Å². The van der Waals surface area contributed by atoms with Crippen LogP contribution in [0.25, 0.3) is 0 Å². The molecule has 3 heterocycles. The van der Waals surface area contributed by atoms with Gasteiger partial charge in [-0.1, -0.05) is 35.3 Å². The summed E-state index contributed by atoms with van der Waals surface area (Å²) in [7, 11) is 0. The van der Waals surface area contributed by atoms with E-state index in [9.17, 15) is 9.59 Å². The number of aromatic nitrogens is 1. The van der Waals surface area contributed by atoms with E-state index in [2.05, 4.69) is 27.3 Å². The monoisotopic (exact) mass is 548 g/mol. The number of hydrogen-bond acceptors (Lipinski definition) is 4. The van der Waals surface area contributed by atoms with Crippen molar-refractivity contribution in [2.45, 2.75) is 38.1 Å². The van der Waals surface area contributed by atoms with Gasteiger partial charge in [-0.25, -0.2) is 0 Å². The first-order valence-electron chi connectivity index (χ1n) is 13.2. The Kier molecular flexibility index (Phi) is 6.79. The number of amides is 2. The van der Waals surface area contributed by atoms with Crippen LogP contribution in [0, 0.1) is 5.41 Å². The molecule has 2 aliphatic heterocycles. The highest BCUT2D eigenvalue weighted by Crippen LogP contribution is 2.42. The Morgan fingerprint density at radius 1 is 0.947 bits per heavy atom. The Balaban J connectivity index is 1.11. The fourth-order valence-electron chi connectivity index (χ4n) is 6.32. The molecule has 1 spiro atoms. The zero-order chi connectivity index (χ0) is 26.3. The number of piperidine rings is 1. The number of benzene rings is 2. The minimum absolute atomic E-state index is 0.0674. The second-order valence-electron chi connectivity index (χ2n) is 10.7. The normalized spacial score (nSPS) is 20.0. The van der Waals surface area contributed by atoms with Crippen molar-refractivity contribution in [2.24, 2.45) is 5.41 Å². The van der Waals surface area contributed by atoms with Crippen LogP contribution in [-0.4, -0.2) is 47.9 Å². The first kappa shape index (κ1) is 25.2. The highest BCUT2D eigenvalue weighted by molar-refractivity contribution is 6.39. The quantitative estimate of drug-likeness (QED) is 0.438. The van der Waals surface area contributed by atoms with Gasteiger partial charge in [-0.2, -0.15) is 0 Å². The molecule has 38 heavy (non-hydrogen) atoms. The second-order valence-corrected chi connectivity index (χ2v) is 11.6.